The van der Waals surface area contributed by atoms with Crippen LogP contribution in [0.1, 0.15) is 43.5 Å². The minimum Gasteiger partial charge on any atom is -0.327 e. The highest BCUT2D eigenvalue weighted by Crippen LogP contribution is 2.22. The van der Waals surface area contributed by atoms with Gasteiger partial charge in [-0.3, -0.25) is 4.79 Å². The van der Waals surface area contributed by atoms with Gasteiger partial charge in [-0.25, -0.2) is 4.68 Å². The van der Waals surface area contributed by atoms with Crippen LogP contribution in [0.2, 0.25) is 0 Å². The van der Waals surface area contributed by atoms with Crippen molar-refractivity contribution in [2.75, 3.05) is 25.0 Å². The molecule has 25 heavy (non-hydrogen) atoms. The summed E-state index contributed by atoms with van der Waals surface area (Å²) < 4.78 is 1.90. The van der Waals surface area contributed by atoms with Gasteiger partial charge >= 0.3 is 0 Å². The standard InChI is InChI=1S/C20H28N4O/c1-16-20(17(2)24(22-16)18-11-7-6-8-12-18)21-19(25)15-23-13-9-4-3-5-10-14-23/h6-8,11-12H,3-5,9-10,13-15H2,1-2H3,(H,21,25)/p+1. The molecule has 1 saturated heterocycles. The second-order valence-electron chi connectivity index (χ2n) is 7.04. The number of carbonyl (C=O) groups is 1. The predicted octanol–water partition coefficient (Wildman–Crippen LogP) is 2.28. The van der Waals surface area contributed by atoms with Gasteiger partial charge in [0.15, 0.2) is 6.54 Å². The van der Waals surface area contributed by atoms with E-state index in [-0.39, 0.29) is 5.91 Å². The Morgan fingerprint density at radius 2 is 1.72 bits per heavy atom. The zero-order valence-electron chi connectivity index (χ0n) is 15.3. The molecule has 1 aromatic heterocycles. The molecule has 1 fully saturated rings. The van der Waals surface area contributed by atoms with Crippen molar-refractivity contribution in [2.24, 2.45) is 0 Å². The summed E-state index contributed by atoms with van der Waals surface area (Å²) >= 11 is 0. The molecule has 3 rings (SSSR count). The molecule has 0 atom stereocenters. The van der Waals surface area contributed by atoms with E-state index in [1.807, 2.05) is 48.9 Å². The monoisotopic (exact) mass is 341 g/mol. The van der Waals surface area contributed by atoms with Crippen LogP contribution in [-0.4, -0.2) is 35.3 Å². The van der Waals surface area contributed by atoms with E-state index in [9.17, 15) is 4.79 Å². The number of aryl methyl sites for hydroxylation is 1. The van der Waals surface area contributed by atoms with Crippen molar-refractivity contribution in [1.29, 1.82) is 0 Å². The van der Waals surface area contributed by atoms with Crippen molar-refractivity contribution in [2.45, 2.75) is 46.0 Å². The number of carbonyl (C=O) groups excluding carboxylic acids is 1. The van der Waals surface area contributed by atoms with Gasteiger partial charge in [-0.2, -0.15) is 5.10 Å². The molecule has 0 aliphatic carbocycles. The van der Waals surface area contributed by atoms with Gasteiger partial charge in [0.1, 0.15) is 0 Å². The van der Waals surface area contributed by atoms with Gasteiger partial charge in [0.25, 0.3) is 5.91 Å². The number of nitrogens with zero attached hydrogens (tertiary/aromatic N) is 2. The van der Waals surface area contributed by atoms with E-state index >= 15 is 0 Å². The normalized spacial score (nSPS) is 16.2. The molecule has 0 unspecified atom stereocenters. The summed E-state index contributed by atoms with van der Waals surface area (Å²) in [6, 6.07) is 10.0. The van der Waals surface area contributed by atoms with Crippen LogP contribution in [-0.2, 0) is 4.79 Å². The summed E-state index contributed by atoms with van der Waals surface area (Å²) in [5.74, 6) is 0.0920. The number of rotatable bonds is 4. The number of amides is 1. The zero-order chi connectivity index (χ0) is 17.6. The van der Waals surface area contributed by atoms with Gasteiger partial charge in [-0.1, -0.05) is 24.6 Å². The summed E-state index contributed by atoms with van der Waals surface area (Å²) in [6.07, 6.45) is 6.40. The molecule has 0 radical (unpaired) electrons. The third-order valence-electron chi connectivity index (χ3n) is 5.03. The molecule has 134 valence electrons. The third kappa shape index (κ3) is 4.48. The Hall–Kier alpha value is -2.14. The van der Waals surface area contributed by atoms with Crippen LogP contribution in [0.15, 0.2) is 30.3 Å². The van der Waals surface area contributed by atoms with Crippen LogP contribution < -0.4 is 10.2 Å². The molecule has 1 aliphatic heterocycles. The average molecular weight is 341 g/mol. The molecule has 1 aliphatic rings. The highest BCUT2D eigenvalue weighted by molar-refractivity contribution is 5.92. The molecule has 0 bridgehead atoms. The van der Waals surface area contributed by atoms with Gasteiger partial charge in [-0.05, 0) is 51.7 Å². The molecule has 0 spiro atoms. The second kappa shape index (κ2) is 8.30. The minimum atomic E-state index is 0.0920. The van der Waals surface area contributed by atoms with E-state index < -0.39 is 0 Å². The van der Waals surface area contributed by atoms with E-state index in [1.165, 1.54) is 37.0 Å². The Balaban J connectivity index is 1.68. The molecule has 2 heterocycles. The van der Waals surface area contributed by atoms with E-state index in [2.05, 4.69) is 10.4 Å². The number of hydrogen-bond donors (Lipinski definition) is 2. The van der Waals surface area contributed by atoms with Crippen molar-refractivity contribution >= 4 is 11.6 Å². The van der Waals surface area contributed by atoms with E-state index in [0.29, 0.717) is 6.54 Å². The van der Waals surface area contributed by atoms with Gasteiger partial charge in [-0.15, -0.1) is 0 Å². The highest BCUT2D eigenvalue weighted by Gasteiger charge is 2.19. The average Bonchev–Trinajstić information content (AvgIpc) is 2.86. The summed E-state index contributed by atoms with van der Waals surface area (Å²) in [5.41, 5.74) is 3.69. The van der Waals surface area contributed by atoms with E-state index in [0.717, 1.165) is 35.9 Å². The lowest BCUT2D eigenvalue weighted by Gasteiger charge is -2.21. The van der Waals surface area contributed by atoms with Crippen LogP contribution in [0.4, 0.5) is 5.69 Å². The maximum atomic E-state index is 12.6. The lowest BCUT2D eigenvalue weighted by molar-refractivity contribution is -0.892. The van der Waals surface area contributed by atoms with Gasteiger partial charge in [0.05, 0.1) is 35.9 Å². The lowest BCUT2D eigenvalue weighted by Crippen LogP contribution is -3.13. The number of aromatic nitrogens is 2. The Morgan fingerprint density at radius 1 is 1.08 bits per heavy atom. The first kappa shape index (κ1) is 17.7. The fourth-order valence-electron chi connectivity index (χ4n) is 3.64. The van der Waals surface area contributed by atoms with E-state index in [4.69, 9.17) is 0 Å². The van der Waals surface area contributed by atoms with Crippen LogP contribution in [0, 0.1) is 13.8 Å². The predicted molar refractivity (Wildman–Crippen MR) is 100 cm³/mol. The molecular weight excluding hydrogens is 312 g/mol. The molecule has 0 saturated carbocycles. The molecule has 2 aromatic rings. The molecular formula is C20H29N4O+. The van der Waals surface area contributed by atoms with Crippen molar-refractivity contribution in [1.82, 2.24) is 9.78 Å². The number of nitrogens with one attached hydrogen (secondary N) is 2. The van der Waals surface area contributed by atoms with Crippen LogP contribution in [0.25, 0.3) is 5.69 Å². The molecule has 1 aromatic carbocycles. The smallest absolute Gasteiger partial charge is 0.279 e. The van der Waals surface area contributed by atoms with Crippen molar-refractivity contribution in [3.63, 3.8) is 0 Å². The molecule has 5 nitrogen and oxygen atoms in total. The van der Waals surface area contributed by atoms with E-state index in [1.54, 1.807) is 0 Å². The first-order chi connectivity index (χ1) is 12.1. The highest BCUT2D eigenvalue weighted by atomic mass is 16.2. The van der Waals surface area contributed by atoms with Crippen molar-refractivity contribution in [3.8, 4) is 5.69 Å². The zero-order valence-corrected chi connectivity index (χ0v) is 15.3. The maximum Gasteiger partial charge on any atom is 0.279 e. The Bertz CT molecular complexity index is 700. The van der Waals surface area contributed by atoms with Gasteiger partial charge in [0, 0.05) is 0 Å². The molecule has 1 amide bonds. The second-order valence-corrected chi connectivity index (χ2v) is 7.04. The Labute approximate surface area is 150 Å². The lowest BCUT2D eigenvalue weighted by atomic mass is 10.1. The van der Waals surface area contributed by atoms with Crippen LogP contribution >= 0.6 is 0 Å². The fraction of sp³-hybridized carbons (Fsp3) is 0.500. The fourth-order valence-corrected chi connectivity index (χ4v) is 3.64. The van der Waals surface area contributed by atoms with Crippen molar-refractivity contribution < 1.29 is 9.69 Å². The first-order valence-electron chi connectivity index (χ1n) is 9.40. The summed E-state index contributed by atoms with van der Waals surface area (Å²) in [4.78, 5) is 14.0. The molecule has 2 N–H and O–H groups in total. The van der Waals surface area contributed by atoms with Gasteiger partial charge < -0.3 is 10.2 Å². The Morgan fingerprint density at radius 3 is 2.40 bits per heavy atom. The first-order valence-corrected chi connectivity index (χ1v) is 9.40. The number of hydrogen-bond acceptors (Lipinski definition) is 2. The summed E-state index contributed by atoms with van der Waals surface area (Å²) in [5, 5.41) is 7.71. The van der Waals surface area contributed by atoms with Crippen LogP contribution in [0.5, 0.6) is 0 Å². The largest absolute Gasteiger partial charge is 0.327 e. The quantitative estimate of drug-likeness (QED) is 0.896. The maximum absolute atomic E-state index is 12.6. The molecule has 5 heteroatoms. The number of likely N-dealkylation sites (tertiary alicyclic amines) is 1. The minimum absolute atomic E-state index is 0.0920. The van der Waals surface area contributed by atoms with Gasteiger partial charge in [0.2, 0.25) is 0 Å². The number of benzene rings is 1. The summed E-state index contributed by atoms with van der Waals surface area (Å²) in [6.45, 7) is 6.72. The summed E-state index contributed by atoms with van der Waals surface area (Å²) in [7, 11) is 0. The number of quaternary nitrogens is 1. The number of para-hydroxylation sites is 1. The SMILES string of the molecule is Cc1nn(-c2ccccc2)c(C)c1NC(=O)C[NH+]1CCCCCCC1. The number of anilines is 1. The Kier molecular flexibility index (Phi) is 5.87. The van der Waals surface area contributed by atoms with Crippen molar-refractivity contribution in [3.05, 3.63) is 41.7 Å². The topological polar surface area (TPSA) is 51.4 Å². The van der Waals surface area contributed by atoms with Crippen LogP contribution in [0.3, 0.4) is 0 Å². The third-order valence-corrected chi connectivity index (χ3v) is 5.03.